The molecule has 1 aliphatic rings. The SMILES string of the molecule is CCC(C)C(N)C(=O)N1CCOCC1C(N)=O. The summed E-state index contributed by atoms with van der Waals surface area (Å²) < 4.78 is 5.15. The van der Waals surface area contributed by atoms with Crippen LogP contribution in [0, 0.1) is 5.92 Å². The van der Waals surface area contributed by atoms with Gasteiger partial charge in [0.1, 0.15) is 6.04 Å². The van der Waals surface area contributed by atoms with Crippen LogP contribution < -0.4 is 11.5 Å². The first-order chi connectivity index (χ1) is 7.99. The van der Waals surface area contributed by atoms with Crippen molar-refractivity contribution in [3.63, 3.8) is 0 Å². The third kappa shape index (κ3) is 3.17. The second-order valence-electron chi connectivity index (χ2n) is 4.44. The highest BCUT2D eigenvalue weighted by Crippen LogP contribution is 2.13. The molecule has 17 heavy (non-hydrogen) atoms. The number of carbonyl (C=O) groups excluding carboxylic acids is 2. The summed E-state index contributed by atoms with van der Waals surface area (Å²) in [5, 5.41) is 0. The minimum absolute atomic E-state index is 0.0823. The van der Waals surface area contributed by atoms with Gasteiger partial charge in [-0.25, -0.2) is 0 Å². The molecule has 98 valence electrons. The van der Waals surface area contributed by atoms with Gasteiger partial charge < -0.3 is 21.1 Å². The number of hydrogen-bond donors (Lipinski definition) is 2. The van der Waals surface area contributed by atoms with Gasteiger partial charge in [0.05, 0.1) is 19.3 Å². The van der Waals surface area contributed by atoms with Gasteiger partial charge in [-0.15, -0.1) is 0 Å². The second-order valence-corrected chi connectivity index (χ2v) is 4.44. The molecule has 1 saturated heterocycles. The molecule has 6 heteroatoms. The van der Waals surface area contributed by atoms with E-state index in [1.165, 1.54) is 4.90 Å². The molecule has 0 radical (unpaired) electrons. The van der Waals surface area contributed by atoms with Gasteiger partial charge in [0.15, 0.2) is 0 Å². The molecule has 1 aliphatic heterocycles. The molecule has 0 aromatic rings. The summed E-state index contributed by atoms with van der Waals surface area (Å²) in [6, 6.07) is -1.27. The molecular weight excluding hydrogens is 222 g/mol. The standard InChI is InChI=1S/C11H21N3O3/c1-3-7(2)9(12)11(16)14-4-5-17-6-8(14)10(13)15/h7-9H,3-6,12H2,1-2H3,(H2,13,15). The molecular formula is C11H21N3O3. The zero-order valence-corrected chi connectivity index (χ0v) is 10.4. The summed E-state index contributed by atoms with van der Waals surface area (Å²) in [5.74, 6) is -0.681. The van der Waals surface area contributed by atoms with Crippen molar-refractivity contribution in [1.29, 1.82) is 0 Å². The average Bonchev–Trinajstić information content (AvgIpc) is 2.35. The van der Waals surface area contributed by atoms with Gasteiger partial charge in [-0.2, -0.15) is 0 Å². The Hall–Kier alpha value is -1.14. The van der Waals surface area contributed by atoms with E-state index >= 15 is 0 Å². The molecule has 0 saturated carbocycles. The van der Waals surface area contributed by atoms with Gasteiger partial charge in [-0.05, 0) is 5.92 Å². The fraction of sp³-hybridized carbons (Fsp3) is 0.818. The van der Waals surface area contributed by atoms with Crippen LogP contribution in [-0.2, 0) is 14.3 Å². The minimum Gasteiger partial charge on any atom is -0.377 e. The van der Waals surface area contributed by atoms with Crippen molar-refractivity contribution in [2.45, 2.75) is 32.4 Å². The maximum atomic E-state index is 12.2. The van der Waals surface area contributed by atoms with Gasteiger partial charge in [0.2, 0.25) is 11.8 Å². The second kappa shape index (κ2) is 5.97. The van der Waals surface area contributed by atoms with Crippen molar-refractivity contribution in [1.82, 2.24) is 4.90 Å². The number of amides is 2. The molecule has 0 aliphatic carbocycles. The largest absolute Gasteiger partial charge is 0.377 e. The maximum Gasteiger partial charge on any atom is 0.242 e. The number of nitrogens with two attached hydrogens (primary N) is 2. The number of ether oxygens (including phenoxy) is 1. The fourth-order valence-corrected chi connectivity index (χ4v) is 1.79. The third-order valence-corrected chi connectivity index (χ3v) is 3.28. The smallest absolute Gasteiger partial charge is 0.242 e. The molecule has 4 N–H and O–H groups in total. The number of hydrogen-bond acceptors (Lipinski definition) is 4. The predicted octanol–water partition coefficient (Wildman–Crippen LogP) is -0.927. The van der Waals surface area contributed by atoms with E-state index < -0.39 is 18.0 Å². The highest BCUT2D eigenvalue weighted by Gasteiger charge is 2.34. The summed E-state index contributed by atoms with van der Waals surface area (Å²) in [6.07, 6.45) is 0.818. The molecule has 0 bridgehead atoms. The summed E-state index contributed by atoms with van der Waals surface area (Å²) in [7, 11) is 0. The topological polar surface area (TPSA) is 98.7 Å². The van der Waals surface area contributed by atoms with Gasteiger partial charge in [-0.1, -0.05) is 20.3 Å². The lowest BCUT2D eigenvalue weighted by Crippen LogP contribution is -2.59. The molecule has 1 heterocycles. The maximum absolute atomic E-state index is 12.2. The fourth-order valence-electron chi connectivity index (χ4n) is 1.79. The van der Waals surface area contributed by atoms with Crippen LogP contribution in [0.15, 0.2) is 0 Å². The highest BCUT2D eigenvalue weighted by molar-refractivity contribution is 5.89. The summed E-state index contributed by atoms with van der Waals surface area (Å²) in [4.78, 5) is 24.8. The molecule has 1 rings (SSSR count). The van der Waals surface area contributed by atoms with Crippen molar-refractivity contribution in [3.05, 3.63) is 0 Å². The zero-order valence-electron chi connectivity index (χ0n) is 10.4. The Balaban J connectivity index is 2.74. The Labute approximate surface area is 101 Å². The molecule has 3 atom stereocenters. The van der Waals surface area contributed by atoms with Crippen LogP contribution in [0.2, 0.25) is 0 Å². The first-order valence-corrected chi connectivity index (χ1v) is 5.92. The van der Waals surface area contributed by atoms with E-state index in [1.807, 2.05) is 13.8 Å². The number of primary amides is 1. The number of nitrogens with zero attached hydrogens (tertiary/aromatic N) is 1. The molecule has 1 fully saturated rings. The number of morpholine rings is 1. The van der Waals surface area contributed by atoms with Crippen LogP contribution in [0.3, 0.4) is 0 Å². The van der Waals surface area contributed by atoms with E-state index in [0.29, 0.717) is 13.2 Å². The Morgan fingerprint density at radius 1 is 1.53 bits per heavy atom. The monoisotopic (exact) mass is 243 g/mol. The van der Waals surface area contributed by atoms with Crippen LogP contribution in [0.1, 0.15) is 20.3 Å². The van der Waals surface area contributed by atoms with Crippen LogP contribution in [-0.4, -0.2) is 48.6 Å². The minimum atomic E-state index is -0.689. The Bertz CT molecular complexity index is 296. The van der Waals surface area contributed by atoms with Crippen LogP contribution in [0.5, 0.6) is 0 Å². The van der Waals surface area contributed by atoms with Gasteiger partial charge >= 0.3 is 0 Å². The molecule has 0 aromatic heterocycles. The molecule has 6 nitrogen and oxygen atoms in total. The Morgan fingerprint density at radius 2 is 2.18 bits per heavy atom. The van der Waals surface area contributed by atoms with Gasteiger partial charge in [0.25, 0.3) is 0 Å². The first kappa shape index (κ1) is 13.9. The summed E-state index contributed by atoms with van der Waals surface area (Å²) in [6.45, 7) is 4.85. The van der Waals surface area contributed by atoms with Crippen molar-refractivity contribution < 1.29 is 14.3 Å². The zero-order chi connectivity index (χ0) is 13.0. The predicted molar refractivity (Wildman–Crippen MR) is 62.9 cm³/mol. The summed E-state index contributed by atoms with van der Waals surface area (Å²) in [5.41, 5.74) is 11.1. The van der Waals surface area contributed by atoms with E-state index in [1.54, 1.807) is 0 Å². The quantitative estimate of drug-likeness (QED) is 0.666. The first-order valence-electron chi connectivity index (χ1n) is 5.92. The highest BCUT2D eigenvalue weighted by atomic mass is 16.5. The Morgan fingerprint density at radius 3 is 2.71 bits per heavy atom. The Kier molecular flexibility index (Phi) is 4.89. The van der Waals surface area contributed by atoms with Crippen LogP contribution >= 0.6 is 0 Å². The molecule has 0 spiro atoms. The third-order valence-electron chi connectivity index (χ3n) is 3.28. The van der Waals surface area contributed by atoms with Gasteiger partial charge in [-0.3, -0.25) is 9.59 Å². The lowest BCUT2D eigenvalue weighted by atomic mass is 9.98. The number of carbonyl (C=O) groups is 2. The summed E-state index contributed by atoms with van der Waals surface area (Å²) >= 11 is 0. The lowest BCUT2D eigenvalue weighted by molar-refractivity contribution is -0.149. The van der Waals surface area contributed by atoms with E-state index in [2.05, 4.69) is 0 Å². The van der Waals surface area contributed by atoms with E-state index in [0.717, 1.165) is 6.42 Å². The van der Waals surface area contributed by atoms with Gasteiger partial charge in [0, 0.05) is 6.54 Å². The van der Waals surface area contributed by atoms with Crippen LogP contribution in [0.4, 0.5) is 0 Å². The average molecular weight is 243 g/mol. The van der Waals surface area contributed by atoms with E-state index in [-0.39, 0.29) is 18.4 Å². The van der Waals surface area contributed by atoms with E-state index in [4.69, 9.17) is 16.2 Å². The molecule has 0 aromatic carbocycles. The van der Waals surface area contributed by atoms with Crippen molar-refractivity contribution >= 4 is 11.8 Å². The lowest BCUT2D eigenvalue weighted by Gasteiger charge is -2.36. The van der Waals surface area contributed by atoms with Crippen molar-refractivity contribution in [3.8, 4) is 0 Å². The van der Waals surface area contributed by atoms with E-state index in [9.17, 15) is 9.59 Å². The molecule has 3 unspecified atom stereocenters. The molecule has 2 amide bonds. The van der Waals surface area contributed by atoms with Crippen molar-refractivity contribution in [2.75, 3.05) is 19.8 Å². The van der Waals surface area contributed by atoms with Crippen LogP contribution in [0.25, 0.3) is 0 Å². The van der Waals surface area contributed by atoms with Crippen molar-refractivity contribution in [2.24, 2.45) is 17.4 Å². The normalized spacial score (nSPS) is 24.2. The number of rotatable bonds is 4.